The minimum atomic E-state index is -4.31. The van der Waals surface area contributed by atoms with Gasteiger partial charge in [0.2, 0.25) is 0 Å². The zero-order valence-electron chi connectivity index (χ0n) is 43.6. The summed E-state index contributed by atoms with van der Waals surface area (Å²) in [7, 11) is 1.61. The second-order valence-corrected chi connectivity index (χ2v) is 20.0. The molecule has 0 radical (unpaired) electrons. The summed E-state index contributed by atoms with van der Waals surface area (Å²) in [5, 5.41) is 0. The summed E-state index contributed by atoms with van der Waals surface area (Å²) in [6, 6.07) is 0. The quantitative estimate of drug-likeness (QED) is 0.0214. The maximum Gasteiger partial charge on any atom is 0.472 e. The zero-order valence-corrected chi connectivity index (χ0v) is 44.5. The average Bonchev–Trinajstić information content (AvgIpc) is 3.29. The molecule has 0 aromatic heterocycles. The number of phosphoric acid groups is 1. The van der Waals surface area contributed by atoms with Gasteiger partial charge in [0.1, 0.15) is 19.3 Å². The zero-order chi connectivity index (χ0) is 49.0. The molecule has 2 atom stereocenters. The molecule has 67 heavy (non-hydrogen) atoms. The summed E-state index contributed by atoms with van der Waals surface area (Å²) in [5.41, 5.74) is 0. The van der Waals surface area contributed by atoms with E-state index in [0.29, 0.717) is 24.1 Å². The van der Waals surface area contributed by atoms with Gasteiger partial charge in [-0.15, -0.1) is 0 Å². The molecule has 0 spiro atoms. The molecular weight excluding hydrogens is 854 g/mol. The molecule has 0 saturated heterocycles. The predicted octanol–water partition coefficient (Wildman–Crippen LogP) is 16.7. The SMILES string of the molecule is CC/C=C\C/C=C\C/C=C\C/C=C\C/C=C\C/C=C\C/C=C\CCCC(=O)OC(COCCCCCCCCCCCC/C=C\C/C=C\CCCCCCC)COP(=O)(O)OCC[N+](C)(C)C. The Balaban J connectivity index is 4.27. The van der Waals surface area contributed by atoms with Crippen LogP contribution >= 0.6 is 7.82 Å². The molecule has 2 unspecified atom stereocenters. The third-order valence-corrected chi connectivity index (χ3v) is 11.8. The van der Waals surface area contributed by atoms with Gasteiger partial charge in [0, 0.05) is 13.0 Å². The number of unbranched alkanes of at least 4 members (excludes halogenated alkanes) is 16. The Bertz CT molecular complexity index is 1430. The van der Waals surface area contributed by atoms with Crippen LogP contribution in [0.4, 0.5) is 0 Å². The van der Waals surface area contributed by atoms with Crippen LogP contribution in [-0.2, 0) is 27.9 Å². The number of quaternary nitrogens is 1. The van der Waals surface area contributed by atoms with Gasteiger partial charge < -0.3 is 18.9 Å². The van der Waals surface area contributed by atoms with Crippen molar-refractivity contribution in [1.82, 2.24) is 0 Å². The van der Waals surface area contributed by atoms with Crippen LogP contribution in [0.3, 0.4) is 0 Å². The average molecular weight is 955 g/mol. The number of hydrogen-bond donors (Lipinski definition) is 1. The van der Waals surface area contributed by atoms with Crippen molar-refractivity contribution in [3.05, 3.63) is 109 Å². The Morgan fingerprint density at radius 1 is 0.478 bits per heavy atom. The van der Waals surface area contributed by atoms with E-state index in [0.717, 1.165) is 70.6 Å². The molecule has 0 fully saturated rings. The minimum Gasteiger partial charge on any atom is -0.457 e. The number of carbonyl (C=O) groups excluding carboxylic acids is 1. The van der Waals surface area contributed by atoms with Crippen LogP contribution in [0.15, 0.2) is 109 Å². The Kier molecular flexibility index (Phi) is 47.5. The molecule has 9 heteroatoms. The largest absolute Gasteiger partial charge is 0.472 e. The van der Waals surface area contributed by atoms with E-state index in [4.69, 9.17) is 18.5 Å². The highest BCUT2D eigenvalue weighted by Crippen LogP contribution is 2.43. The summed E-state index contributed by atoms with van der Waals surface area (Å²) >= 11 is 0. The van der Waals surface area contributed by atoms with Crippen molar-refractivity contribution in [2.75, 3.05) is 54.1 Å². The highest BCUT2D eigenvalue weighted by atomic mass is 31.2. The highest BCUT2D eigenvalue weighted by Gasteiger charge is 2.26. The van der Waals surface area contributed by atoms with Crippen LogP contribution in [0.5, 0.6) is 0 Å². The van der Waals surface area contributed by atoms with E-state index >= 15 is 0 Å². The fourth-order valence-electron chi connectivity index (χ4n) is 6.75. The van der Waals surface area contributed by atoms with Crippen molar-refractivity contribution in [3.63, 3.8) is 0 Å². The lowest BCUT2D eigenvalue weighted by Gasteiger charge is -2.24. The fraction of sp³-hybridized carbons (Fsp3) is 0.672. The number of likely N-dealkylation sites (N-methyl/N-ethyl adjacent to an activating group) is 1. The molecule has 0 saturated carbocycles. The van der Waals surface area contributed by atoms with Gasteiger partial charge in [0.15, 0.2) is 0 Å². The van der Waals surface area contributed by atoms with Crippen molar-refractivity contribution >= 4 is 13.8 Å². The molecular formula is C58H101NO7P+. The first-order chi connectivity index (χ1) is 32.6. The summed E-state index contributed by atoms with van der Waals surface area (Å²) in [4.78, 5) is 23.0. The molecule has 0 amide bonds. The molecule has 0 aliphatic heterocycles. The third-order valence-electron chi connectivity index (χ3n) is 10.8. The number of hydrogen-bond acceptors (Lipinski definition) is 6. The van der Waals surface area contributed by atoms with E-state index in [-0.39, 0.29) is 32.2 Å². The van der Waals surface area contributed by atoms with Crippen molar-refractivity contribution < 1.29 is 37.3 Å². The van der Waals surface area contributed by atoms with Gasteiger partial charge in [0.25, 0.3) is 0 Å². The number of esters is 1. The van der Waals surface area contributed by atoms with Gasteiger partial charge in [-0.2, -0.15) is 0 Å². The van der Waals surface area contributed by atoms with Crippen LogP contribution in [0, 0.1) is 0 Å². The number of phosphoric ester groups is 1. The van der Waals surface area contributed by atoms with E-state index in [2.05, 4.69) is 123 Å². The van der Waals surface area contributed by atoms with Crippen LogP contribution in [-0.4, -0.2) is 75.6 Å². The first-order valence-electron chi connectivity index (χ1n) is 26.6. The molecule has 8 nitrogen and oxygen atoms in total. The Morgan fingerprint density at radius 2 is 0.866 bits per heavy atom. The fourth-order valence-corrected chi connectivity index (χ4v) is 7.49. The van der Waals surface area contributed by atoms with E-state index in [1.165, 1.54) is 96.3 Å². The summed E-state index contributed by atoms with van der Waals surface area (Å²) < 4.78 is 35.1. The van der Waals surface area contributed by atoms with Crippen LogP contribution in [0.2, 0.25) is 0 Å². The van der Waals surface area contributed by atoms with E-state index in [1.54, 1.807) is 0 Å². The Hall–Kier alpha value is -2.84. The monoisotopic (exact) mass is 955 g/mol. The van der Waals surface area contributed by atoms with Crippen LogP contribution in [0.25, 0.3) is 0 Å². The standard InChI is InChI=1S/C58H100NO7P/c1-6-8-10-12-14-16-18-20-22-24-26-28-30-31-33-35-37-39-41-43-45-47-49-51-58(60)66-57(56-65-67(61,62)64-54-52-59(3,4)5)55-63-53-50-48-46-44-42-40-38-36-34-32-29-27-25-23-21-19-17-15-13-11-9-7-2/h8,10,14,16,19-22,25-28,31,33,37,39,43,45,57H,6-7,9,11-13,15,17-18,23-24,29-30,32,34-36,38,40-42,44,46-56H2,1-5H3/p+1/b10-8-,16-14-,21-19-,22-20-,27-25-,28-26-,33-31-,39-37-,45-43-. The van der Waals surface area contributed by atoms with Crippen molar-refractivity contribution in [2.45, 2.75) is 200 Å². The number of carbonyl (C=O) groups is 1. The molecule has 0 aromatic rings. The lowest BCUT2D eigenvalue weighted by molar-refractivity contribution is -0.870. The number of rotatable bonds is 48. The summed E-state index contributed by atoms with van der Waals surface area (Å²) in [6.07, 6.45) is 70.1. The minimum absolute atomic E-state index is 0.0709. The Labute approximate surface area is 412 Å². The van der Waals surface area contributed by atoms with Gasteiger partial charge in [-0.25, -0.2) is 4.57 Å². The van der Waals surface area contributed by atoms with Gasteiger partial charge >= 0.3 is 13.8 Å². The number of ether oxygens (including phenoxy) is 2. The molecule has 0 aliphatic carbocycles. The topological polar surface area (TPSA) is 91.3 Å². The molecule has 0 rings (SSSR count). The van der Waals surface area contributed by atoms with Crippen molar-refractivity contribution in [3.8, 4) is 0 Å². The van der Waals surface area contributed by atoms with Crippen LogP contribution in [0.1, 0.15) is 194 Å². The van der Waals surface area contributed by atoms with E-state index in [9.17, 15) is 14.3 Å². The number of nitrogens with zero attached hydrogens (tertiary/aromatic N) is 1. The predicted molar refractivity (Wildman–Crippen MR) is 288 cm³/mol. The maximum absolute atomic E-state index is 12.8. The van der Waals surface area contributed by atoms with Gasteiger partial charge in [-0.3, -0.25) is 13.8 Å². The lowest BCUT2D eigenvalue weighted by atomic mass is 10.1. The second-order valence-electron chi connectivity index (χ2n) is 18.5. The molecule has 1 N–H and O–H groups in total. The van der Waals surface area contributed by atoms with E-state index < -0.39 is 13.9 Å². The van der Waals surface area contributed by atoms with Crippen LogP contribution < -0.4 is 0 Å². The highest BCUT2D eigenvalue weighted by molar-refractivity contribution is 7.47. The first kappa shape index (κ1) is 64.2. The first-order valence-corrected chi connectivity index (χ1v) is 28.1. The number of allylic oxidation sites excluding steroid dienone is 18. The Morgan fingerprint density at radius 3 is 1.30 bits per heavy atom. The lowest BCUT2D eigenvalue weighted by Crippen LogP contribution is -2.37. The van der Waals surface area contributed by atoms with Crippen molar-refractivity contribution in [2.24, 2.45) is 0 Å². The normalized spacial score (nSPS) is 14.4. The summed E-state index contributed by atoms with van der Waals surface area (Å²) in [5.74, 6) is -0.375. The van der Waals surface area contributed by atoms with E-state index in [1.807, 2.05) is 21.1 Å². The molecule has 0 heterocycles. The molecule has 0 bridgehead atoms. The maximum atomic E-state index is 12.8. The second kappa shape index (κ2) is 49.6. The third kappa shape index (κ3) is 54.0. The molecule has 0 aromatic carbocycles. The summed E-state index contributed by atoms with van der Waals surface area (Å²) in [6.45, 7) is 5.40. The van der Waals surface area contributed by atoms with Gasteiger partial charge in [0.05, 0.1) is 34.4 Å². The van der Waals surface area contributed by atoms with Gasteiger partial charge in [-0.05, 0) is 96.3 Å². The molecule has 0 aliphatic rings. The van der Waals surface area contributed by atoms with Gasteiger partial charge in [-0.1, -0.05) is 200 Å². The van der Waals surface area contributed by atoms with Crippen molar-refractivity contribution in [1.29, 1.82) is 0 Å². The molecule has 384 valence electrons. The smallest absolute Gasteiger partial charge is 0.457 e.